The Morgan fingerprint density at radius 3 is 1.26 bits per heavy atom. The maximum absolute atomic E-state index is 13.1. The van der Waals surface area contributed by atoms with Crippen LogP contribution in [0.1, 0.15) is 34.3 Å². The number of pyridine rings is 2. The number of hydrogen-bond donors (Lipinski definition) is 2. The fourth-order valence-corrected chi connectivity index (χ4v) is 6.45. The van der Waals surface area contributed by atoms with Crippen molar-refractivity contribution >= 4 is 44.6 Å². The van der Waals surface area contributed by atoms with Crippen molar-refractivity contribution in [3.63, 3.8) is 0 Å². The average Bonchev–Trinajstić information content (AvgIpc) is 3.24. The van der Waals surface area contributed by atoms with E-state index >= 15 is 0 Å². The Balaban J connectivity index is 0.000000189. The second kappa shape index (κ2) is 17.9. The molecular weight excluding hydrogens is 767 g/mol. The molecule has 0 fully saturated rings. The van der Waals surface area contributed by atoms with Crippen LogP contribution >= 0.6 is 0 Å². The third-order valence-electron chi connectivity index (χ3n) is 9.14. The first-order chi connectivity index (χ1) is 27.3. The maximum Gasteiger partial charge on any atom is 2.00 e. The molecular formula is C44H32CoN6O6. The number of nitrogens with one attached hydrogen (secondary N) is 2. The van der Waals surface area contributed by atoms with Gasteiger partial charge in [0.25, 0.3) is 11.4 Å². The summed E-state index contributed by atoms with van der Waals surface area (Å²) in [5.74, 6) is -0.324. The molecule has 0 aliphatic rings. The van der Waals surface area contributed by atoms with E-state index < -0.39 is 21.9 Å². The zero-order valence-electron chi connectivity index (χ0n) is 29.9. The molecule has 0 saturated carbocycles. The minimum absolute atomic E-state index is 0. The topological polar surface area (TPSA) is 182 Å². The number of nitro groups is 2. The normalized spacial score (nSPS) is 11.6. The summed E-state index contributed by atoms with van der Waals surface area (Å²) >= 11 is 0. The van der Waals surface area contributed by atoms with Crippen LogP contribution in [0.2, 0.25) is 0 Å². The molecule has 0 aliphatic heterocycles. The quantitative estimate of drug-likeness (QED) is 0.100. The predicted molar refractivity (Wildman–Crippen MR) is 212 cm³/mol. The minimum atomic E-state index is -0.470. The van der Waals surface area contributed by atoms with E-state index in [2.05, 4.69) is 20.6 Å². The van der Waals surface area contributed by atoms with Crippen LogP contribution in [-0.4, -0.2) is 19.8 Å². The van der Waals surface area contributed by atoms with Crippen LogP contribution in [0.3, 0.4) is 0 Å². The van der Waals surface area contributed by atoms with Crippen molar-refractivity contribution in [2.45, 2.75) is 12.1 Å². The summed E-state index contributed by atoms with van der Waals surface area (Å²) in [7, 11) is 0. The fourth-order valence-electron chi connectivity index (χ4n) is 6.45. The molecule has 57 heavy (non-hydrogen) atoms. The summed E-state index contributed by atoms with van der Waals surface area (Å²) in [6, 6.07) is 45.1. The Hall–Kier alpha value is -7.35. The van der Waals surface area contributed by atoms with Crippen molar-refractivity contribution in [2.75, 3.05) is 10.6 Å². The van der Waals surface area contributed by atoms with Gasteiger partial charge in [0.15, 0.2) is 0 Å². The third kappa shape index (κ3) is 8.97. The van der Waals surface area contributed by atoms with Crippen LogP contribution in [0.15, 0.2) is 170 Å². The van der Waals surface area contributed by atoms with Gasteiger partial charge in [0.2, 0.25) is 0 Å². The van der Waals surface area contributed by atoms with Gasteiger partial charge >= 0.3 is 16.8 Å². The van der Waals surface area contributed by atoms with Gasteiger partial charge in [-0.25, -0.2) is 0 Å². The summed E-state index contributed by atoms with van der Waals surface area (Å²) in [5.41, 5.74) is 4.71. The molecule has 0 amide bonds. The number of nitrogens with zero attached hydrogens (tertiary/aromatic N) is 4. The van der Waals surface area contributed by atoms with Gasteiger partial charge in [-0.15, -0.1) is 0 Å². The van der Waals surface area contributed by atoms with E-state index in [1.807, 2.05) is 84.9 Å². The Morgan fingerprint density at radius 2 is 0.877 bits per heavy atom. The Morgan fingerprint density at radius 1 is 0.474 bits per heavy atom. The molecule has 0 saturated heterocycles. The van der Waals surface area contributed by atoms with Crippen LogP contribution in [0.25, 0.3) is 21.8 Å². The maximum atomic E-state index is 13.1. The number of fused-ring (bicyclic) bond motifs is 2. The van der Waals surface area contributed by atoms with Gasteiger partial charge in [0.05, 0.1) is 33.0 Å². The molecule has 0 bridgehead atoms. The summed E-state index contributed by atoms with van der Waals surface area (Å²) in [5, 5.41) is 56.5. The van der Waals surface area contributed by atoms with Crippen molar-refractivity contribution in [3.05, 3.63) is 213 Å². The van der Waals surface area contributed by atoms with Crippen LogP contribution in [-0.2, 0) is 16.8 Å². The monoisotopic (exact) mass is 799 g/mol. The smallest absolute Gasteiger partial charge is 0.871 e. The first-order valence-electron chi connectivity index (χ1n) is 17.5. The van der Waals surface area contributed by atoms with Crippen LogP contribution < -0.4 is 20.8 Å². The molecule has 2 N–H and O–H groups in total. The molecule has 2 atom stereocenters. The number of benzene rings is 6. The van der Waals surface area contributed by atoms with Crippen LogP contribution in [0.5, 0.6) is 11.5 Å². The molecule has 1 radical (unpaired) electrons. The zero-order chi connectivity index (χ0) is 39.0. The molecule has 12 nitrogen and oxygen atoms in total. The molecule has 283 valence electrons. The van der Waals surface area contributed by atoms with E-state index in [0.29, 0.717) is 33.5 Å². The molecule has 8 rings (SSSR count). The third-order valence-corrected chi connectivity index (χ3v) is 9.14. The number of rotatable bonds is 10. The first kappa shape index (κ1) is 39.3. The summed E-state index contributed by atoms with van der Waals surface area (Å²) in [6.07, 6.45) is 3.19. The number of aromatic nitrogens is 2. The molecule has 2 heterocycles. The second-order valence-corrected chi connectivity index (χ2v) is 12.7. The van der Waals surface area contributed by atoms with Crippen molar-refractivity contribution in [3.8, 4) is 11.5 Å². The summed E-state index contributed by atoms with van der Waals surface area (Å²) in [6.45, 7) is 0. The van der Waals surface area contributed by atoms with Gasteiger partial charge in [0, 0.05) is 48.0 Å². The molecule has 8 aromatic rings. The average molecular weight is 800 g/mol. The van der Waals surface area contributed by atoms with Crippen molar-refractivity contribution in [2.24, 2.45) is 0 Å². The molecule has 0 aliphatic carbocycles. The van der Waals surface area contributed by atoms with Crippen LogP contribution in [0, 0.1) is 20.2 Å². The second-order valence-electron chi connectivity index (χ2n) is 12.7. The van der Waals surface area contributed by atoms with Gasteiger partial charge in [-0.2, -0.15) is 0 Å². The minimum Gasteiger partial charge on any atom is -0.871 e. The first-order valence-corrected chi connectivity index (χ1v) is 17.5. The molecule has 2 aromatic heterocycles. The summed E-state index contributed by atoms with van der Waals surface area (Å²) < 4.78 is 0. The molecule has 0 spiro atoms. The van der Waals surface area contributed by atoms with E-state index in [4.69, 9.17) is 0 Å². The Kier molecular flexibility index (Phi) is 12.3. The van der Waals surface area contributed by atoms with E-state index in [9.17, 15) is 30.4 Å². The predicted octanol–water partition coefficient (Wildman–Crippen LogP) is 8.83. The standard InChI is InChI=1S/2C22H17N3O3.Co/c2*26-22-19(12-11-16-8-5-13-23-21(16)22)20(15-6-2-1-3-7-15)24-17-9-4-10-18(14-17)25(27)28;/h2*1-14,20,24,26H;/q;;+2/p-2. The van der Waals surface area contributed by atoms with E-state index in [-0.39, 0.29) is 39.7 Å². The molecule has 13 heteroatoms. The number of nitro benzene ring substituents is 2. The van der Waals surface area contributed by atoms with Crippen molar-refractivity contribution in [1.29, 1.82) is 0 Å². The zero-order valence-corrected chi connectivity index (χ0v) is 30.9. The van der Waals surface area contributed by atoms with Gasteiger partial charge in [0.1, 0.15) is 0 Å². The number of non-ortho nitro benzene ring substituents is 2. The van der Waals surface area contributed by atoms with Gasteiger partial charge in [-0.05, 0) is 57.3 Å². The van der Waals surface area contributed by atoms with Gasteiger partial charge in [-0.3, -0.25) is 30.2 Å². The summed E-state index contributed by atoms with van der Waals surface area (Å²) in [4.78, 5) is 29.8. The van der Waals surface area contributed by atoms with Gasteiger partial charge in [-0.1, -0.05) is 121 Å². The van der Waals surface area contributed by atoms with E-state index in [0.717, 1.165) is 21.9 Å². The largest absolute Gasteiger partial charge is 2.00 e. The van der Waals surface area contributed by atoms with Crippen molar-refractivity contribution in [1.82, 2.24) is 9.97 Å². The number of anilines is 2. The van der Waals surface area contributed by atoms with E-state index in [1.54, 1.807) is 60.9 Å². The number of hydrogen-bond acceptors (Lipinski definition) is 10. The SMILES string of the molecule is O=[N+]([O-])c1cccc(NC(c2ccccc2)c2ccc3cccnc3c2[O-])c1.O=[N+]([O-])c1cccc(NC(c2ccccc2)c2ccc3cccnc3c2[O-])c1.[Co+2]. The van der Waals surface area contributed by atoms with E-state index in [1.165, 1.54) is 24.3 Å². The Labute approximate surface area is 337 Å². The molecule has 6 aromatic carbocycles. The Bertz CT molecular complexity index is 2480. The van der Waals surface area contributed by atoms with Gasteiger partial charge < -0.3 is 20.8 Å². The van der Waals surface area contributed by atoms with Crippen molar-refractivity contribution < 1.29 is 36.8 Å². The van der Waals surface area contributed by atoms with Crippen LogP contribution in [0.4, 0.5) is 22.7 Å². The fraction of sp³-hybridized carbons (Fsp3) is 0.0455. The molecule has 2 unspecified atom stereocenters.